The van der Waals surface area contributed by atoms with Gasteiger partial charge in [0.1, 0.15) is 18.2 Å². The van der Waals surface area contributed by atoms with Gasteiger partial charge >= 0.3 is 0 Å². The number of methoxy groups -OCH3 is 1. The van der Waals surface area contributed by atoms with E-state index in [1.165, 1.54) is 7.11 Å². The number of aryl methyl sites for hydroxylation is 2. The Morgan fingerprint density at radius 2 is 1.89 bits per heavy atom. The summed E-state index contributed by atoms with van der Waals surface area (Å²) in [5, 5.41) is 33.2. The van der Waals surface area contributed by atoms with E-state index >= 15 is 4.39 Å². The lowest BCUT2D eigenvalue weighted by atomic mass is 9.46. The number of aliphatic hydroxyl groups is 3. The fraction of sp³-hybridized carbons (Fsp3) is 0.514. The monoisotopic (exact) mass is 633 g/mol. The third kappa shape index (κ3) is 5.41. The van der Waals surface area contributed by atoms with Crippen molar-refractivity contribution in [2.24, 2.45) is 34.5 Å². The van der Waals surface area contributed by atoms with Gasteiger partial charge in [0.05, 0.1) is 30.8 Å². The van der Waals surface area contributed by atoms with Crippen molar-refractivity contribution >= 4 is 17.3 Å². The summed E-state index contributed by atoms with van der Waals surface area (Å²) >= 11 is 0. The van der Waals surface area contributed by atoms with Gasteiger partial charge in [0.15, 0.2) is 17.9 Å². The Labute approximate surface area is 269 Å². The Bertz CT molecular complexity index is 1570. The second-order valence-corrected chi connectivity index (χ2v) is 14.1. The number of allylic oxidation sites excluding steroid dienone is 4. The number of nitrogen functional groups attached to an aromatic ring is 1. The second kappa shape index (κ2) is 12.3. The summed E-state index contributed by atoms with van der Waals surface area (Å²) in [5.74, 6) is -2.03. The van der Waals surface area contributed by atoms with Crippen LogP contribution in [0.2, 0.25) is 0 Å². The van der Waals surface area contributed by atoms with Crippen LogP contribution in [0.3, 0.4) is 0 Å². The summed E-state index contributed by atoms with van der Waals surface area (Å²) in [7, 11) is 1.39. The molecular formula is C37H44FNO7. The Kier molecular flexibility index (Phi) is 8.74. The molecule has 2 aromatic rings. The van der Waals surface area contributed by atoms with E-state index in [1.807, 2.05) is 25.1 Å². The predicted molar refractivity (Wildman–Crippen MR) is 170 cm³/mol. The number of aliphatic hydroxyl groups excluding tert-OH is 3. The van der Waals surface area contributed by atoms with Crippen LogP contribution in [0.4, 0.5) is 10.1 Å². The number of rotatable bonds is 9. The van der Waals surface area contributed by atoms with Crippen molar-refractivity contribution in [3.8, 4) is 5.75 Å². The molecule has 0 heterocycles. The third-order valence-electron chi connectivity index (χ3n) is 11.7. The molecule has 2 aromatic carbocycles. The van der Waals surface area contributed by atoms with Crippen LogP contribution < -0.4 is 10.5 Å². The highest BCUT2D eigenvalue weighted by atomic mass is 19.1. The van der Waals surface area contributed by atoms with E-state index < -0.39 is 53.5 Å². The maximum absolute atomic E-state index is 16.1. The molecule has 0 amide bonds. The first-order chi connectivity index (χ1) is 21.9. The van der Waals surface area contributed by atoms with Gasteiger partial charge < -0.3 is 30.5 Å². The fourth-order valence-corrected chi connectivity index (χ4v) is 9.54. The zero-order valence-electron chi connectivity index (χ0n) is 26.6. The molecule has 9 atom stereocenters. The van der Waals surface area contributed by atoms with Crippen LogP contribution in [0, 0.1) is 40.3 Å². The highest BCUT2D eigenvalue weighted by molar-refractivity contribution is 6.01. The van der Waals surface area contributed by atoms with Crippen molar-refractivity contribution in [1.82, 2.24) is 0 Å². The van der Waals surface area contributed by atoms with Gasteiger partial charge in [0, 0.05) is 17.0 Å². The zero-order valence-corrected chi connectivity index (χ0v) is 26.6. The SMILES string of the molecule is COc1ccc(CCc2ccc(N)cc2)c(F)c1[C@H](O)O[C@@H]1C[C@H]2[C@@H]3CCC4=CC(=O)C=C[C@]4(C)[C@H]3[C@@H](O)C[C@]2(C)[C@H]1C(=O)CO. The van der Waals surface area contributed by atoms with E-state index in [1.54, 1.807) is 36.4 Å². The Morgan fingerprint density at radius 3 is 2.59 bits per heavy atom. The number of carbonyl (C=O) groups is 2. The second-order valence-electron chi connectivity index (χ2n) is 14.1. The number of halogens is 1. The Balaban J connectivity index is 1.29. The predicted octanol–water partition coefficient (Wildman–Crippen LogP) is 4.64. The largest absolute Gasteiger partial charge is 0.496 e. The molecule has 4 aliphatic carbocycles. The lowest BCUT2D eigenvalue weighted by molar-refractivity contribution is -0.168. The van der Waals surface area contributed by atoms with Crippen molar-refractivity contribution in [3.05, 3.63) is 82.7 Å². The van der Waals surface area contributed by atoms with Gasteiger partial charge in [-0.2, -0.15) is 0 Å². The molecule has 0 aliphatic heterocycles. The molecule has 9 heteroatoms. The molecule has 6 rings (SSSR count). The van der Waals surface area contributed by atoms with Crippen LogP contribution >= 0.6 is 0 Å². The maximum atomic E-state index is 16.1. The lowest BCUT2D eigenvalue weighted by Crippen LogP contribution is -2.56. The Hall–Kier alpha value is -3.37. The minimum Gasteiger partial charge on any atom is -0.496 e. The molecule has 3 saturated carbocycles. The van der Waals surface area contributed by atoms with E-state index in [2.05, 4.69) is 6.92 Å². The summed E-state index contributed by atoms with van der Waals surface area (Å²) < 4.78 is 27.8. The average molecular weight is 634 g/mol. The number of hydrogen-bond acceptors (Lipinski definition) is 8. The minimum absolute atomic E-state index is 0.0106. The highest BCUT2D eigenvalue weighted by Gasteiger charge is 2.65. The number of carbonyl (C=O) groups excluding carboxylic acids is 2. The van der Waals surface area contributed by atoms with Gasteiger partial charge in [-0.3, -0.25) is 9.59 Å². The molecule has 246 valence electrons. The van der Waals surface area contributed by atoms with Crippen molar-refractivity contribution < 1.29 is 38.8 Å². The minimum atomic E-state index is -1.74. The number of fused-ring (bicyclic) bond motifs is 5. The van der Waals surface area contributed by atoms with Crippen LogP contribution in [-0.4, -0.2) is 52.8 Å². The van der Waals surface area contributed by atoms with Crippen LogP contribution in [-0.2, 0) is 27.2 Å². The van der Waals surface area contributed by atoms with Crippen LogP contribution in [0.5, 0.6) is 5.75 Å². The van der Waals surface area contributed by atoms with Gasteiger partial charge in [0.25, 0.3) is 0 Å². The van der Waals surface area contributed by atoms with Crippen LogP contribution in [0.1, 0.15) is 62.5 Å². The van der Waals surface area contributed by atoms with Crippen molar-refractivity contribution in [1.29, 1.82) is 0 Å². The molecule has 0 bridgehead atoms. The molecule has 0 aromatic heterocycles. The first-order valence-corrected chi connectivity index (χ1v) is 16.2. The van der Waals surface area contributed by atoms with Gasteiger partial charge in [-0.15, -0.1) is 0 Å². The number of ketones is 2. The molecule has 0 saturated heterocycles. The van der Waals surface area contributed by atoms with Gasteiger partial charge in [-0.25, -0.2) is 4.39 Å². The summed E-state index contributed by atoms with van der Waals surface area (Å²) in [5.41, 5.74) is 7.48. The normalized spacial score (nSPS) is 33.9. The molecule has 8 nitrogen and oxygen atoms in total. The molecule has 46 heavy (non-hydrogen) atoms. The van der Waals surface area contributed by atoms with E-state index in [9.17, 15) is 24.9 Å². The van der Waals surface area contributed by atoms with Gasteiger partial charge in [-0.05, 0) is 97.3 Å². The van der Waals surface area contributed by atoms with Crippen LogP contribution in [0.25, 0.3) is 0 Å². The quantitative estimate of drug-likeness (QED) is 0.231. The summed E-state index contributed by atoms with van der Waals surface area (Å²) in [6, 6.07) is 10.6. The molecule has 0 radical (unpaired) electrons. The maximum Gasteiger partial charge on any atom is 0.188 e. The Morgan fingerprint density at radius 1 is 1.15 bits per heavy atom. The van der Waals surface area contributed by atoms with Crippen molar-refractivity contribution in [2.75, 3.05) is 19.5 Å². The molecule has 5 N–H and O–H groups in total. The number of Topliss-reactive ketones (excluding diaryl/α,β-unsaturated/α-hetero) is 1. The lowest BCUT2D eigenvalue weighted by Gasteiger charge is -2.58. The first kappa shape index (κ1) is 32.6. The van der Waals surface area contributed by atoms with Crippen molar-refractivity contribution in [2.45, 2.75) is 70.9 Å². The topological polar surface area (TPSA) is 139 Å². The number of benzene rings is 2. The zero-order chi connectivity index (χ0) is 33.0. The van der Waals surface area contributed by atoms with E-state index in [4.69, 9.17) is 15.2 Å². The number of anilines is 1. The summed E-state index contributed by atoms with van der Waals surface area (Å²) in [6.45, 7) is 3.34. The average Bonchev–Trinajstić information content (AvgIpc) is 3.31. The fourth-order valence-electron chi connectivity index (χ4n) is 9.54. The third-order valence-corrected chi connectivity index (χ3v) is 11.7. The standard InChI is InChI=1S/C37H44FNO7/c1-36-15-14-24(41)16-22(36)9-12-25-26-17-30(33(28(43)19-40)37(26,2)18-27(42)32(25)36)46-35(44)31-29(45-3)13-8-21(34(31)38)7-4-20-5-10-23(39)11-6-20/h5-6,8,10-11,13-16,25-27,30,32-33,35,40,42,44H,4,7,9,12,17-19,39H2,1-3H3/t25-,26-,27-,30+,32+,33-,35+,36-,37-/m0/s1. The van der Waals surface area contributed by atoms with Crippen LogP contribution in [0.15, 0.2) is 60.2 Å². The summed E-state index contributed by atoms with van der Waals surface area (Å²) in [4.78, 5) is 25.6. The molecule has 0 spiro atoms. The summed E-state index contributed by atoms with van der Waals surface area (Å²) in [6.07, 6.45) is 4.92. The number of hydrogen-bond donors (Lipinski definition) is 4. The van der Waals surface area contributed by atoms with Gasteiger partial charge in [-0.1, -0.05) is 43.7 Å². The number of ether oxygens (including phenoxy) is 2. The van der Waals surface area contributed by atoms with E-state index in [-0.39, 0.29) is 34.8 Å². The van der Waals surface area contributed by atoms with Gasteiger partial charge in [0.2, 0.25) is 0 Å². The molecular weight excluding hydrogens is 589 g/mol. The highest BCUT2D eigenvalue weighted by Crippen LogP contribution is 2.66. The molecule has 4 aliphatic rings. The van der Waals surface area contributed by atoms with E-state index in [0.29, 0.717) is 43.4 Å². The number of nitrogens with two attached hydrogens (primary N) is 1. The smallest absolute Gasteiger partial charge is 0.188 e. The first-order valence-electron chi connectivity index (χ1n) is 16.2. The molecule has 0 unspecified atom stereocenters. The van der Waals surface area contributed by atoms with E-state index in [0.717, 1.165) is 17.6 Å². The van der Waals surface area contributed by atoms with Crippen molar-refractivity contribution in [3.63, 3.8) is 0 Å². The molecule has 3 fully saturated rings.